The van der Waals surface area contributed by atoms with Crippen LogP contribution in [0.4, 0.5) is 11.5 Å². The van der Waals surface area contributed by atoms with Crippen molar-refractivity contribution in [2.45, 2.75) is 20.4 Å². The first kappa shape index (κ1) is 16.8. The third-order valence-corrected chi connectivity index (χ3v) is 3.86. The zero-order chi connectivity index (χ0) is 17.8. The molecular formula is C20H22N4O. The largest absolute Gasteiger partial charge is 0.437 e. The third-order valence-electron chi connectivity index (χ3n) is 3.86. The summed E-state index contributed by atoms with van der Waals surface area (Å²) in [5, 5.41) is 0. The van der Waals surface area contributed by atoms with Crippen LogP contribution in [-0.2, 0) is 6.54 Å². The Morgan fingerprint density at radius 3 is 2.36 bits per heavy atom. The number of nitrogens with zero attached hydrogens (tertiary/aromatic N) is 3. The van der Waals surface area contributed by atoms with E-state index in [0.717, 1.165) is 16.9 Å². The fourth-order valence-corrected chi connectivity index (χ4v) is 2.79. The van der Waals surface area contributed by atoms with E-state index in [1.165, 1.54) is 11.9 Å². The number of benzene rings is 2. The zero-order valence-electron chi connectivity index (χ0n) is 14.7. The average molecular weight is 334 g/mol. The van der Waals surface area contributed by atoms with E-state index in [9.17, 15) is 0 Å². The van der Waals surface area contributed by atoms with Gasteiger partial charge < -0.3 is 15.4 Å². The van der Waals surface area contributed by atoms with Gasteiger partial charge in [0, 0.05) is 13.6 Å². The molecular weight excluding hydrogens is 312 g/mol. The lowest BCUT2D eigenvalue weighted by Gasteiger charge is -2.20. The number of ether oxygens (including phenoxy) is 1. The first-order valence-electron chi connectivity index (χ1n) is 8.14. The lowest BCUT2D eigenvalue weighted by atomic mass is 10.1. The minimum absolute atomic E-state index is 0.370. The SMILES string of the molecule is Cc1cc(C)cc(Oc2ncnc(N(C)Cc3ccccc3)c2N)c1. The standard InChI is InChI=1S/C20H22N4O/c1-14-9-15(2)11-17(10-14)25-20-18(21)19(22-13-23-20)24(3)12-16-7-5-4-6-8-16/h4-11,13H,12,21H2,1-3H3. The Labute approximate surface area is 148 Å². The number of nitrogens with two attached hydrogens (primary N) is 1. The Bertz CT molecular complexity index is 845. The summed E-state index contributed by atoms with van der Waals surface area (Å²) in [5.41, 5.74) is 10.1. The summed E-state index contributed by atoms with van der Waals surface area (Å²) in [6, 6.07) is 16.2. The molecule has 128 valence electrons. The summed E-state index contributed by atoms with van der Waals surface area (Å²) in [7, 11) is 1.95. The highest BCUT2D eigenvalue weighted by Crippen LogP contribution is 2.32. The molecule has 0 aliphatic rings. The molecule has 0 aliphatic heterocycles. The van der Waals surface area contributed by atoms with Gasteiger partial charge in [0.15, 0.2) is 5.82 Å². The molecule has 0 amide bonds. The van der Waals surface area contributed by atoms with Gasteiger partial charge >= 0.3 is 0 Å². The third kappa shape index (κ3) is 4.07. The second-order valence-electron chi connectivity index (χ2n) is 6.18. The van der Waals surface area contributed by atoms with E-state index in [1.807, 2.05) is 56.1 Å². The van der Waals surface area contributed by atoms with Crippen molar-refractivity contribution in [1.29, 1.82) is 0 Å². The molecule has 3 aromatic rings. The molecule has 0 radical (unpaired) electrons. The minimum atomic E-state index is 0.370. The van der Waals surface area contributed by atoms with Gasteiger partial charge in [0.05, 0.1) is 0 Å². The van der Waals surface area contributed by atoms with Gasteiger partial charge in [-0.05, 0) is 42.7 Å². The molecule has 1 aromatic heterocycles. The van der Waals surface area contributed by atoms with Gasteiger partial charge in [-0.25, -0.2) is 4.98 Å². The number of hydrogen-bond acceptors (Lipinski definition) is 5. The summed E-state index contributed by atoms with van der Waals surface area (Å²) in [6.07, 6.45) is 1.48. The molecule has 0 unspecified atom stereocenters. The number of anilines is 2. The molecule has 0 saturated carbocycles. The van der Waals surface area contributed by atoms with Crippen molar-refractivity contribution in [2.24, 2.45) is 0 Å². The highest BCUT2D eigenvalue weighted by molar-refractivity contribution is 5.68. The first-order chi connectivity index (χ1) is 12.0. The maximum atomic E-state index is 6.27. The van der Waals surface area contributed by atoms with Crippen LogP contribution in [0.1, 0.15) is 16.7 Å². The van der Waals surface area contributed by atoms with Crippen LogP contribution in [0.15, 0.2) is 54.9 Å². The van der Waals surface area contributed by atoms with E-state index in [4.69, 9.17) is 10.5 Å². The number of hydrogen-bond donors (Lipinski definition) is 1. The predicted molar refractivity (Wildman–Crippen MR) is 101 cm³/mol. The fourth-order valence-electron chi connectivity index (χ4n) is 2.79. The van der Waals surface area contributed by atoms with Crippen LogP contribution in [0.5, 0.6) is 11.6 Å². The Morgan fingerprint density at radius 2 is 1.68 bits per heavy atom. The molecule has 3 rings (SSSR count). The van der Waals surface area contributed by atoms with Crippen LogP contribution in [0.3, 0.4) is 0 Å². The van der Waals surface area contributed by atoms with Crippen LogP contribution < -0.4 is 15.4 Å². The Kier molecular flexibility index (Phi) is 4.84. The zero-order valence-corrected chi connectivity index (χ0v) is 14.7. The molecule has 0 atom stereocenters. The van der Waals surface area contributed by atoms with Gasteiger partial charge in [-0.1, -0.05) is 36.4 Å². The molecule has 2 N–H and O–H groups in total. The molecule has 0 saturated heterocycles. The summed E-state index contributed by atoms with van der Waals surface area (Å²) in [5.74, 6) is 1.74. The van der Waals surface area contributed by atoms with Gasteiger partial charge in [-0.2, -0.15) is 4.98 Å². The molecule has 0 bridgehead atoms. The normalized spacial score (nSPS) is 10.5. The molecule has 0 aliphatic carbocycles. The second kappa shape index (κ2) is 7.21. The lowest BCUT2D eigenvalue weighted by molar-refractivity contribution is 0.463. The predicted octanol–water partition coefficient (Wildman–Crippen LogP) is 4.10. The molecule has 0 spiro atoms. The summed E-state index contributed by atoms with van der Waals surface area (Å²) < 4.78 is 5.91. The van der Waals surface area contributed by atoms with Crippen LogP contribution in [0.2, 0.25) is 0 Å². The fraction of sp³-hybridized carbons (Fsp3) is 0.200. The van der Waals surface area contributed by atoms with E-state index in [2.05, 4.69) is 28.2 Å². The number of rotatable bonds is 5. The molecule has 25 heavy (non-hydrogen) atoms. The highest BCUT2D eigenvalue weighted by Gasteiger charge is 2.14. The summed E-state index contributed by atoms with van der Waals surface area (Å²) in [4.78, 5) is 10.5. The topological polar surface area (TPSA) is 64.3 Å². The van der Waals surface area contributed by atoms with E-state index < -0.39 is 0 Å². The van der Waals surface area contributed by atoms with E-state index in [1.54, 1.807) is 0 Å². The maximum absolute atomic E-state index is 6.27. The molecule has 5 nitrogen and oxygen atoms in total. The van der Waals surface area contributed by atoms with E-state index in [-0.39, 0.29) is 0 Å². The van der Waals surface area contributed by atoms with Crippen LogP contribution in [0, 0.1) is 13.8 Å². The molecule has 0 fully saturated rings. The van der Waals surface area contributed by atoms with Crippen molar-refractivity contribution in [3.8, 4) is 11.6 Å². The first-order valence-corrected chi connectivity index (χ1v) is 8.14. The van der Waals surface area contributed by atoms with Crippen LogP contribution in [0.25, 0.3) is 0 Å². The Balaban J connectivity index is 1.84. The van der Waals surface area contributed by atoms with Crippen molar-refractivity contribution >= 4 is 11.5 Å². The number of nitrogen functional groups attached to an aromatic ring is 1. The van der Waals surface area contributed by atoms with Gasteiger partial charge in [0.1, 0.15) is 17.8 Å². The average Bonchev–Trinajstić information content (AvgIpc) is 2.56. The smallest absolute Gasteiger partial charge is 0.248 e. The van der Waals surface area contributed by atoms with Crippen LogP contribution >= 0.6 is 0 Å². The lowest BCUT2D eigenvalue weighted by Crippen LogP contribution is -2.19. The monoisotopic (exact) mass is 334 g/mol. The van der Waals surface area contributed by atoms with Crippen molar-refractivity contribution in [3.63, 3.8) is 0 Å². The van der Waals surface area contributed by atoms with Crippen molar-refractivity contribution < 1.29 is 4.74 Å². The van der Waals surface area contributed by atoms with Gasteiger partial charge in [0.2, 0.25) is 5.88 Å². The van der Waals surface area contributed by atoms with Crippen molar-refractivity contribution in [3.05, 3.63) is 71.5 Å². The summed E-state index contributed by atoms with van der Waals surface area (Å²) in [6.45, 7) is 4.76. The number of aromatic nitrogens is 2. The molecule has 1 heterocycles. The maximum Gasteiger partial charge on any atom is 0.248 e. The van der Waals surface area contributed by atoms with E-state index in [0.29, 0.717) is 23.9 Å². The Hall–Kier alpha value is -3.08. The quantitative estimate of drug-likeness (QED) is 0.761. The minimum Gasteiger partial charge on any atom is -0.437 e. The Morgan fingerprint density at radius 1 is 1.00 bits per heavy atom. The van der Waals surface area contributed by atoms with Crippen molar-refractivity contribution in [1.82, 2.24) is 9.97 Å². The molecule has 5 heteroatoms. The summed E-state index contributed by atoms with van der Waals surface area (Å²) >= 11 is 0. The van der Waals surface area contributed by atoms with Gasteiger partial charge in [0.25, 0.3) is 0 Å². The van der Waals surface area contributed by atoms with Crippen LogP contribution in [-0.4, -0.2) is 17.0 Å². The number of aryl methyl sites for hydroxylation is 2. The highest BCUT2D eigenvalue weighted by atomic mass is 16.5. The van der Waals surface area contributed by atoms with Gasteiger partial charge in [-0.3, -0.25) is 0 Å². The van der Waals surface area contributed by atoms with E-state index >= 15 is 0 Å². The van der Waals surface area contributed by atoms with Crippen molar-refractivity contribution in [2.75, 3.05) is 17.7 Å². The second-order valence-corrected chi connectivity index (χ2v) is 6.18. The molecule has 2 aromatic carbocycles. The van der Waals surface area contributed by atoms with Gasteiger partial charge in [-0.15, -0.1) is 0 Å².